The molecule has 3 amide bonds. The molecule has 0 saturated carbocycles. The van der Waals surface area contributed by atoms with Crippen LogP contribution in [0.4, 0.5) is 47.7 Å². The predicted octanol–water partition coefficient (Wildman–Crippen LogP) is 13.2. The molecule has 18 rings (SSSR count). The number of fused-ring (bicyclic) bond motifs is 6. The lowest BCUT2D eigenvalue weighted by Gasteiger charge is -2.41. The van der Waals surface area contributed by atoms with Crippen LogP contribution < -0.4 is 43.6 Å². The average Bonchev–Trinajstić information content (AvgIpc) is 1.73. The van der Waals surface area contributed by atoms with Gasteiger partial charge in [0.25, 0.3) is 0 Å². The van der Waals surface area contributed by atoms with Gasteiger partial charge in [0.2, 0.25) is 24.3 Å². The van der Waals surface area contributed by atoms with Crippen molar-refractivity contribution in [3.05, 3.63) is 177 Å². The normalized spacial score (nSPS) is 22.7. The first-order valence-electron chi connectivity index (χ1n) is 44.0. The minimum absolute atomic E-state index is 0. The highest BCUT2D eigenvalue weighted by Gasteiger charge is 2.44. The Bertz CT molecular complexity index is 5450. The van der Waals surface area contributed by atoms with E-state index >= 15 is 0 Å². The highest BCUT2D eigenvalue weighted by molar-refractivity contribution is 7.59. The zero-order valence-electron chi connectivity index (χ0n) is 75.1. The van der Waals surface area contributed by atoms with Crippen LogP contribution in [0.3, 0.4) is 0 Å². The molecule has 0 radical (unpaired) electrons. The van der Waals surface area contributed by atoms with Crippen molar-refractivity contribution in [3.63, 3.8) is 0 Å². The fourth-order valence-corrected chi connectivity index (χ4v) is 20.5. The van der Waals surface area contributed by atoms with Gasteiger partial charge in [0, 0.05) is 205 Å². The molecule has 0 bridgehead atoms. The molecule has 34 heteroatoms. The number of nitrogens with one attached hydrogen (secondary N) is 2. The number of nitrogens with zero attached hydrogens (tertiary/aromatic N) is 20. The van der Waals surface area contributed by atoms with Crippen molar-refractivity contribution in [1.29, 1.82) is 0 Å². The van der Waals surface area contributed by atoms with E-state index in [2.05, 4.69) is 133 Å². The van der Waals surface area contributed by atoms with Crippen LogP contribution in [0.25, 0.3) is 37.4 Å². The van der Waals surface area contributed by atoms with Gasteiger partial charge in [-0.1, -0.05) is 70.5 Å². The molecule has 7 atom stereocenters. The minimum Gasteiger partial charge on any atom is -0.462 e. The second-order valence-electron chi connectivity index (χ2n) is 36.2. The van der Waals surface area contributed by atoms with Crippen LogP contribution in [0.2, 0.25) is 5.02 Å². The van der Waals surface area contributed by atoms with Gasteiger partial charge < -0.3 is 68.1 Å². The van der Waals surface area contributed by atoms with Crippen molar-refractivity contribution in [2.24, 2.45) is 0 Å². The Hall–Kier alpha value is -10.6. The van der Waals surface area contributed by atoms with Crippen LogP contribution in [0.1, 0.15) is 111 Å². The lowest BCUT2D eigenvalue weighted by Crippen LogP contribution is -2.56. The number of anilines is 6. The third-order valence-electron chi connectivity index (χ3n) is 26.9. The summed E-state index contributed by atoms with van der Waals surface area (Å²) in [6, 6.07) is 19.1. The molecule has 5 aromatic heterocycles. The summed E-state index contributed by atoms with van der Waals surface area (Å²) in [4.78, 5) is 98.5. The Balaban J connectivity index is 0.000000174. The summed E-state index contributed by atoms with van der Waals surface area (Å²) in [7, 11) is 5.78. The van der Waals surface area contributed by atoms with Crippen molar-refractivity contribution in [2.75, 3.05) is 188 Å². The SMILES string of the molecule is C.C.C=CC(=O)N1CCN(c2nc(OC[C@@H]3CC(C)(F)CN3C)nc3c2CCN(c2c(C)c(C)cc4[nH]ccc24)C3)CC1.C=CC(=O)N1CCN(c2nc(OC[C@@H]3CC(C)(F)CN3C)nc3c2CCN(c2c(C)c(C)cc4[nH]ncc24)C3)CC1.S.S.[C-]#[N+]C[C@H]1CN(c2nc(OC[C@@H]3CC(C)(F)CN3C)nc3c2CCN(c2cccc4cccc(Cl)c24)C3)CCN1C(=O)C=C. The number of piperazine rings is 3. The molecule has 28 nitrogen and oxygen atoms in total. The molecule has 3 unspecified atom stereocenters. The van der Waals surface area contributed by atoms with E-state index in [-0.39, 0.29) is 103 Å². The van der Waals surface area contributed by atoms with Crippen LogP contribution >= 0.6 is 38.6 Å². The number of aromatic amines is 2. The number of hydrogen-bond donors (Lipinski definition) is 2. The highest BCUT2D eigenvalue weighted by atomic mass is 35.5. The molecule has 130 heavy (non-hydrogen) atoms. The molecule has 2 N–H and O–H groups in total. The first-order valence-corrected chi connectivity index (χ1v) is 44.3. The molecule has 9 aliphatic rings. The molecular formula is C96H128ClF3N22O6S2. The average molecular weight is 1840 g/mol. The summed E-state index contributed by atoms with van der Waals surface area (Å²) < 4.78 is 62.7. The van der Waals surface area contributed by atoms with Gasteiger partial charge in [0.15, 0.2) is 0 Å². The highest BCUT2D eigenvalue weighted by Crippen LogP contribution is 2.44. The number of carbonyl (C=O) groups excluding carboxylic acids is 3. The summed E-state index contributed by atoms with van der Waals surface area (Å²) in [5.74, 6) is 2.28. The molecule has 14 heterocycles. The zero-order chi connectivity index (χ0) is 88.8. The van der Waals surface area contributed by atoms with E-state index in [9.17, 15) is 27.6 Å². The Morgan fingerprint density at radius 1 is 0.531 bits per heavy atom. The van der Waals surface area contributed by atoms with Crippen LogP contribution in [0.5, 0.6) is 18.0 Å². The Morgan fingerprint density at radius 3 is 1.38 bits per heavy atom. The Morgan fingerprint density at radius 2 is 0.946 bits per heavy atom. The molecule has 698 valence electrons. The number of halogens is 4. The largest absolute Gasteiger partial charge is 0.462 e. The van der Waals surface area contributed by atoms with Gasteiger partial charge in [-0.3, -0.25) is 34.2 Å². The fraction of sp³-hybridized carbons (Fsp3) is 0.510. The Kier molecular flexibility index (Phi) is 31.1. The van der Waals surface area contributed by atoms with E-state index in [1.165, 1.54) is 57.2 Å². The van der Waals surface area contributed by atoms with E-state index < -0.39 is 17.0 Å². The summed E-state index contributed by atoms with van der Waals surface area (Å²) in [5, 5.41) is 12.5. The maximum Gasteiger partial charge on any atom is 0.318 e. The van der Waals surface area contributed by atoms with Crippen LogP contribution in [-0.2, 0) is 53.3 Å². The first kappa shape index (κ1) is 98.4. The molecule has 9 aromatic rings. The fourth-order valence-electron chi connectivity index (χ4n) is 20.2. The quantitative estimate of drug-likeness (QED) is 0.0564. The number of hydrogen-bond acceptors (Lipinski definition) is 22. The molecule has 9 aliphatic heterocycles. The topological polar surface area (TPSA) is 244 Å². The number of H-pyrrole nitrogens is 2. The second-order valence-corrected chi connectivity index (χ2v) is 36.6. The lowest BCUT2D eigenvalue weighted by atomic mass is 9.99. The van der Waals surface area contributed by atoms with Crippen molar-refractivity contribution >= 4 is 123 Å². The van der Waals surface area contributed by atoms with Gasteiger partial charge in [-0.05, 0) is 165 Å². The van der Waals surface area contributed by atoms with E-state index in [0.717, 1.165) is 117 Å². The standard InChI is InChI=1S/C33H37ClFN7O2.C31H40FN7O2.C30H39FN8O2.2CH4.2H2S/c1-5-29(43)42-15-14-41(18-24(42)17-36-3)31-25-12-13-40(28-11-7-9-22-8-6-10-26(34)30(22)28)19-27(25)37-32(38-31)44-20-23-16-33(2,35)21-39(23)4;1-6-27(40)37-11-13-38(14-12-37)29-24-8-10-39(28-21(3)20(2)15-25-23(28)7-9-33-25)17-26(24)34-30(35-29)41-18-22-16-31(4,32)19-36(22)5;1-6-26(40)37-9-11-38(12-10-37)28-22-7-8-39(27-20(3)19(2)13-24-23(27)15-32-35-24)16-25(22)33-29(34-28)41-17-21-14-30(4,31)18-36(21)5;;;;/h5-11,23-24H,1,12-21H2,2,4H3;6-7,9,15,22,33H,1,8,10-14,16-19H2,2-5H3;6,13,15,21H,1,7-12,14,16-18H2,2-5H3,(H,32,35);2*1H4;2*1H2/t23-,24-,33?;22-,31?;21-,30?;;;;/m000..../s1. The number of ether oxygens (including phenoxy) is 3. The van der Waals surface area contributed by atoms with Gasteiger partial charge in [-0.25, -0.2) is 19.7 Å². The number of benzene rings is 4. The van der Waals surface area contributed by atoms with Crippen LogP contribution in [0, 0.1) is 34.3 Å². The maximum absolute atomic E-state index is 14.7. The zero-order valence-corrected chi connectivity index (χ0v) is 77.9. The van der Waals surface area contributed by atoms with Gasteiger partial charge in [-0.15, -0.1) is 0 Å². The number of aryl methyl sites for hydroxylation is 2. The van der Waals surface area contributed by atoms with Gasteiger partial charge >= 0.3 is 18.0 Å². The number of amides is 3. The first-order chi connectivity index (χ1) is 60.4. The third kappa shape index (κ3) is 21.0. The lowest BCUT2D eigenvalue weighted by molar-refractivity contribution is -0.128. The molecule has 6 fully saturated rings. The smallest absolute Gasteiger partial charge is 0.318 e. The molecule has 0 spiro atoms. The van der Waals surface area contributed by atoms with E-state index in [0.29, 0.717) is 167 Å². The van der Waals surface area contributed by atoms with Crippen molar-refractivity contribution in [1.82, 2.24) is 74.5 Å². The van der Waals surface area contributed by atoms with Crippen LogP contribution in [0.15, 0.2) is 105 Å². The number of alkyl halides is 3. The van der Waals surface area contributed by atoms with Crippen molar-refractivity contribution in [2.45, 2.75) is 163 Å². The number of rotatable bonds is 19. The van der Waals surface area contributed by atoms with Gasteiger partial charge in [0.05, 0.1) is 59.1 Å². The van der Waals surface area contributed by atoms with Crippen LogP contribution in [-0.4, -0.2) is 292 Å². The summed E-state index contributed by atoms with van der Waals surface area (Å²) in [6.07, 6.45) is 11.5. The molecule has 4 aromatic carbocycles. The number of likely N-dealkylation sites (tertiary alicyclic amines) is 3. The van der Waals surface area contributed by atoms with E-state index in [1.807, 2.05) is 76.2 Å². The number of aromatic nitrogens is 9. The Labute approximate surface area is 781 Å². The van der Waals surface area contributed by atoms with Crippen molar-refractivity contribution < 1.29 is 41.8 Å². The second kappa shape index (κ2) is 41.0. The monoisotopic (exact) mass is 1840 g/mol. The molecule has 0 aliphatic carbocycles. The van der Waals surface area contributed by atoms with Crippen molar-refractivity contribution in [3.8, 4) is 18.0 Å². The van der Waals surface area contributed by atoms with Gasteiger partial charge in [0.1, 0.15) is 60.3 Å². The van der Waals surface area contributed by atoms with Gasteiger partial charge in [-0.2, -0.15) is 62.0 Å². The molecule has 6 saturated heterocycles. The summed E-state index contributed by atoms with van der Waals surface area (Å²) in [5.41, 5.74) is 12.9. The predicted molar refractivity (Wildman–Crippen MR) is 522 cm³/mol. The third-order valence-corrected chi connectivity index (χ3v) is 27.2. The van der Waals surface area contributed by atoms with E-state index in [1.54, 1.807) is 25.7 Å². The van der Waals surface area contributed by atoms with E-state index in [4.69, 9.17) is 62.3 Å². The summed E-state index contributed by atoms with van der Waals surface area (Å²) in [6.45, 7) is 45.1. The minimum atomic E-state index is -1.26. The maximum atomic E-state index is 14.7. The summed E-state index contributed by atoms with van der Waals surface area (Å²) >= 11 is 6.69. The molecular weight excluding hydrogens is 1710 g/mol. The number of likely N-dealkylation sites (N-methyl/N-ethyl adjacent to an activating group) is 3. The number of carbonyl (C=O) groups is 3.